The highest BCUT2D eigenvalue weighted by Crippen LogP contribution is 2.42. The lowest BCUT2D eigenvalue weighted by Gasteiger charge is -2.17. The van der Waals surface area contributed by atoms with Crippen molar-refractivity contribution in [3.8, 4) is 0 Å². The van der Waals surface area contributed by atoms with E-state index in [4.69, 9.17) is 4.99 Å². The number of aromatic nitrogens is 2. The molecule has 0 aromatic carbocycles. The molecule has 1 saturated heterocycles. The molecule has 0 spiro atoms. The highest BCUT2D eigenvalue weighted by molar-refractivity contribution is 6.19. The summed E-state index contributed by atoms with van der Waals surface area (Å²) in [4.78, 5) is 48.7. The minimum absolute atomic E-state index is 0.00773. The lowest BCUT2D eigenvalue weighted by Crippen LogP contribution is -2.18. The van der Waals surface area contributed by atoms with Crippen LogP contribution >= 0.6 is 0 Å². The van der Waals surface area contributed by atoms with E-state index < -0.39 is 23.8 Å². The molecule has 0 saturated carbocycles. The van der Waals surface area contributed by atoms with Gasteiger partial charge < -0.3 is 30.6 Å². The Kier molecular flexibility index (Phi) is 7.34. The maximum absolute atomic E-state index is 12.9. The summed E-state index contributed by atoms with van der Waals surface area (Å²) in [5, 5.41) is 33.5. The zero-order chi connectivity index (χ0) is 30.6. The number of carbonyl (C=O) groups is 3. The number of carboxylic acid groups (broad SMARTS) is 3. The standard InChI is InChI=1S/C32H36N4O6/c1-7-18-15(4)22-11-23-16(5)19(8-9-26(37)38)29(35-23)28(32(41)42)30-27(31(39)40)17(6)24(36-30)10-20-13(2)14(3)21(33-20)12-25(18)34-22/h7,11,14,16,19,34-36H,1,8-10,12H2,2-6H3,(H,37,38)(H,39,40)(H,41,42)/t14?,16-,19-/m0/s1. The van der Waals surface area contributed by atoms with Crippen LogP contribution in [0.5, 0.6) is 0 Å². The van der Waals surface area contributed by atoms with Crippen LogP contribution in [0.4, 0.5) is 0 Å². The summed E-state index contributed by atoms with van der Waals surface area (Å²) in [7, 11) is 0. The zero-order valence-corrected chi connectivity index (χ0v) is 24.4. The van der Waals surface area contributed by atoms with E-state index in [1.54, 1.807) is 6.92 Å². The van der Waals surface area contributed by atoms with Crippen LogP contribution in [0.3, 0.4) is 0 Å². The first-order valence-corrected chi connectivity index (χ1v) is 14.1. The van der Waals surface area contributed by atoms with Crippen molar-refractivity contribution in [2.75, 3.05) is 0 Å². The van der Waals surface area contributed by atoms with Gasteiger partial charge in [-0.15, -0.1) is 0 Å². The first-order valence-electron chi connectivity index (χ1n) is 14.1. The molecule has 5 rings (SSSR count). The molecule has 3 atom stereocenters. The third-order valence-electron chi connectivity index (χ3n) is 9.22. The van der Waals surface area contributed by atoms with Gasteiger partial charge in [-0.05, 0) is 55.5 Å². The van der Waals surface area contributed by atoms with Crippen molar-refractivity contribution in [3.63, 3.8) is 0 Å². The second-order valence-corrected chi connectivity index (χ2v) is 11.5. The minimum Gasteiger partial charge on any atom is -0.481 e. The van der Waals surface area contributed by atoms with Crippen LogP contribution in [0, 0.1) is 31.6 Å². The van der Waals surface area contributed by atoms with Crippen LogP contribution in [-0.4, -0.2) is 48.9 Å². The van der Waals surface area contributed by atoms with E-state index in [2.05, 4.69) is 28.8 Å². The monoisotopic (exact) mass is 572 g/mol. The van der Waals surface area contributed by atoms with E-state index >= 15 is 0 Å². The van der Waals surface area contributed by atoms with Gasteiger partial charge in [0.05, 0.1) is 11.3 Å². The molecule has 42 heavy (non-hydrogen) atoms. The lowest BCUT2D eigenvalue weighted by atomic mass is 9.86. The van der Waals surface area contributed by atoms with Crippen molar-refractivity contribution < 1.29 is 29.7 Å². The van der Waals surface area contributed by atoms with Gasteiger partial charge in [0, 0.05) is 76.9 Å². The van der Waals surface area contributed by atoms with Crippen LogP contribution < -0.4 is 5.32 Å². The number of allylic oxidation sites excluding steroid dienone is 4. The number of aromatic carboxylic acids is 1. The lowest BCUT2D eigenvalue weighted by molar-refractivity contribution is -0.137. The molecule has 5 heterocycles. The van der Waals surface area contributed by atoms with Gasteiger partial charge in [0.1, 0.15) is 5.57 Å². The molecular weight excluding hydrogens is 536 g/mol. The fourth-order valence-corrected chi connectivity index (χ4v) is 6.54. The van der Waals surface area contributed by atoms with Gasteiger partial charge in [0.15, 0.2) is 0 Å². The van der Waals surface area contributed by atoms with Gasteiger partial charge in [-0.25, -0.2) is 9.59 Å². The van der Waals surface area contributed by atoms with E-state index in [-0.39, 0.29) is 41.5 Å². The summed E-state index contributed by atoms with van der Waals surface area (Å²) in [6.07, 6.45) is 4.66. The molecule has 10 nitrogen and oxygen atoms in total. The molecule has 0 radical (unpaired) electrons. The summed E-state index contributed by atoms with van der Waals surface area (Å²) in [6.45, 7) is 13.8. The summed E-state index contributed by atoms with van der Waals surface area (Å²) in [5.74, 6) is -4.22. The largest absolute Gasteiger partial charge is 0.481 e. The Morgan fingerprint density at radius 2 is 1.74 bits per heavy atom. The number of nitrogens with one attached hydrogen (secondary N) is 3. The van der Waals surface area contributed by atoms with E-state index in [1.165, 1.54) is 0 Å². The number of aromatic amines is 2. The van der Waals surface area contributed by atoms with Crippen LogP contribution in [0.25, 0.3) is 17.7 Å². The van der Waals surface area contributed by atoms with Crippen LogP contribution in [0.15, 0.2) is 34.2 Å². The zero-order valence-electron chi connectivity index (χ0n) is 24.4. The van der Waals surface area contributed by atoms with E-state index in [0.29, 0.717) is 35.5 Å². The van der Waals surface area contributed by atoms with Crippen molar-refractivity contribution in [2.45, 2.75) is 60.3 Å². The van der Waals surface area contributed by atoms with Gasteiger partial charge in [-0.2, -0.15) is 0 Å². The molecule has 0 amide bonds. The van der Waals surface area contributed by atoms with Crippen molar-refractivity contribution >= 4 is 41.3 Å². The molecule has 0 aliphatic carbocycles. The fourth-order valence-electron chi connectivity index (χ4n) is 6.54. The Balaban J connectivity index is 1.83. The number of carboxylic acids is 3. The van der Waals surface area contributed by atoms with E-state index in [0.717, 1.165) is 39.5 Å². The molecular formula is C32H36N4O6. The Hall–Kier alpha value is -4.60. The van der Waals surface area contributed by atoms with E-state index in [1.807, 2.05) is 32.9 Å². The summed E-state index contributed by atoms with van der Waals surface area (Å²) in [6, 6.07) is 0. The van der Waals surface area contributed by atoms with Gasteiger partial charge in [0.25, 0.3) is 0 Å². The molecule has 3 aliphatic heterocycles. The Morgan fingerprint density at radius 3 is 2.36 bits per heavy atom. The first kappa shape index (κ1) is 28.9. The van der Waals surface area contributed by atoms with Gasteiger partial charge in [-0.3, -0.25) is 9.79 Å². The highest BCUT2D eigenvalue weighted by atomic mass is 16.4. The Bertz CT molecular complexity index is 1680. The molecule has 10 heteroatoms. The Labute approximate surface area is 243 Å². The number of hydrogen-bond acceptors (Lipinski definition) is 5. The Morgan fingerprint density at radius 1 is 1.02 bits per heavy atom. The quantitative estimate of drug-likeness (QED) is 0.272. The molecule has 1 fully saturated rings. The number of H-pyrrole nitrogens is 2. The summed E-state index contributed by atoms with van der Waals surface area (Å²) >= 11 is 0. The van der Waals surface area contributed by atoms with Crippen molar-refractivity contribution in [2.24, 2.45) is 22.7 Å². The third-order valence-corrected chi connectivity index (χ3v) is 9.22. The number of aliphatic carboxylic acids is 2. The predicted molar refractivity (Wildman–Crippen MR) is 160 cm³/mol. The van der Waals surface area contributed by atoms with Crippen molar-refractivity contribution in [1.82, 2.24) is 15.3 Å². The van der Waals surface area contributed by atoms with Crippen LogP contribution in [0.1, 0.15) is 83.4 Å². The number of aliphatic imine (C=N–C) groups is 1. The summed E-state index contributed by atoms with van der Waals surface area (Å²) < 4.78 is 0. The summed E-state index contributed by atoms with van der Waals surface area (Å²) in [5.41, 5.74) is 8.35. The smallest absolute Gasteiger partial charge is 0.339 e. The number of rotatable bonds is 6. The van der Waals surface area contributed by atoms with Gasteiger partial charge in [-0.1, -0.05) is 26.5 Å². The maximum atomic E-state index is 12.9. The van der Waals surface area contributed by atoms with Crippen molar-refractivity contribution in [3.05, 3.63) is 74.3 Å². The van der Waals surface area contributed by atoms with Crippen LogP contribution in [0.2, 0.25) is 0 Å². The van der Waals surface area contributed by atoms with E-state index in [9.17, 15) is 29.7 Å². The first-order chi connectivity index (χ1) is 19.8. The SMILES string of the molecule is C=Cc1c2[nH]c(c1C)C=C1NC(=C(C(=O)O)c3[nH]c(c(C)c3C(=O)O)CC3=C(C)C(C)C(=N3)C2)[C@@H](CCC(=O)O)[C@@H]1C. The minimum atomic E-state index is -1.31. The van der Waals surface area contributed by atoms with Crippen molar-refractivity contribution in [1.29, 1.82) is 0 Å². The predicted octanol–water partition coefficient (Wildman–Crippen LogP) is 5.32. The molecule has 6 N–H and O–H groups in total. The number of fused-ring (bicyclic) bond motifs is 7. The average molecular weight is 573 g/mol. The van der Waals surface area contributed by atoms with Crippen LogP contribution in [-0.2, 0) is 22.4 Å². The maximum Gasteiger partial charge on any atom is 0.339 e. The topological polar surface area (TPSA) is 168 Å². The molecule has 1 unspecified atom stereocenters. The normalized spacial score (nSPS) is 21.7. The van der Waals surface area contributed by atoms with Gasteiger partial charge >= 0.3 is 17.9 Å². The highest BCUT2D eigenvalue weighted by Gasteiger charge is 2.39. The number of hydrogen-bond donors (Lipinski definition) is 6. The molecule has 3 aliphatic rings. The number of nitrogens with zero attached hydrogens (tertiary/aromatic N) is 1. The second-order valence-electron chi connectivity index (χ2n) is 11.5. The second kappa shape index (κ2) is 10.7. The molecule has 220 valence electrons. The third kappa shape index (κ3) is 4.70. The molecule has 8 bridgehead atoms. The molecule has 2 aromatic rings. The molecule has 2 aromatic heterocycles. The fraction of sp³-hybridized carbons (Fsp3) is 0.375. The average Bonchev–Trinajstić information content (AvgIpc) is 3.57. The van der Waals surface area contributed by atoms with Gasteiger partial charge in [0.2, 0.25) is 0 Å².